The van der Waals surface area contributed by atoms with Crippen molar-refractivity contribution in [2.24, 2.45) is 5.10 Å². The first-order valence-electron chi connectivity index (χ1n) is 6.04. The predicted octanol–water partition coefficient (Wildman–Crippen LogP) is 2.16. The second kappa shape index (κ2) is 6.13. The number of rotatable bonds is 4. The van der Waals surface area contributed by atoms with E-state index in [2.05, 4.69) is 10.5 Å². The van der Waals surface area contributed by atoms with Gasteiger partial charge < -0.3 is 9.90 Å². The molecule has 1 N–H and O–H groups in total. The second-order valence-electron chi connectivity index (χ2n) is 4.30. The minimum absolute atomic E-state index is 0.0393. The van der Waals surface area contributed by atoms with Gasteiger partial charge >= 0.3 is 0 Å². The van der Waals surface area contributed by atoms with Gasteiger partial charge in [0.05, 0.1) is 17.4 Å². The number of carboxylic acid groups (broad SMARTS) is 1. The largest absolute Gasteiger partial charge is 0.545 e. The number of hydrazone groups is 1. The fourth-order valence-electron chi connectivity index (χ4n) is 1.66. The van der Waals surface area contributed by atoms with Gasteiger partial charge in [-0.25, -0.2) is 8.78 Å². The zero-order valence-electron chi connectivity index (χ0n) is 11.1. The number of hydrogen-bond donors (Lipinski definition) is 1. The number of benzene rings is 2. The number of anilines is 1. The van der Waals surface area contributed by atoms with Crippen LogP contribution in [0.5, 0.6) is 0 Å². The summed E-state index contributed by atoms with van der Waals surface area (Å²) in [6.07, 6.45) is 0. The molecular formula is C15H11F2N2O2-. The van der Waals surface area contributed by atoms with Gasteiger partial charge in [0.2, 0.25) is 0 Å². The van der Waals surface area contributed by atoms with E-state index in [9.17, 15) is 18.7 Å². The first kappa shape index (κ1) is 14.6. The fraction of sp³-hybridized carbons (Fsp3) is 0.0667. The number of halogens is 2. The quantitative estimate of drug-likeness (QED) is 0.693. The zero-order valence-corrected chi connectivity index (χ0v) is 11.1. The monoisotopic (exact) mass is 289 g/mol. The first-order valence-corrected chi connectivity index (χ1v) is 6.04. The van der Waals surface area contributed by atoms with Gasteiger partial charge in [0.25, 0.3) is 0 Å². The maximum Gasteiger partial charge on any atom is 0.132 e. The van der Waals surface area contributed by atoms with Gasteiger partial charge in [0.1, 0.15) is 11.6 Å². The van der Waals surface area contributed by atoms with E-state index in [0.717, 1.165) is 18.2 Å². The lowest BCUT2D eigenvalue weighted by Crippen LogP contribution is -2.21. The van der Waals surface area contributed by atoms with E-state index in [1.807, 2.05) is 0 Å². The minimum Gasteiger partial charge on any atom is -0.545 e. The number of aromatic carboxylic acids is 1. The first-order chi connectivity index (χ1) is 9.97. The summed E-state index contributed by atoms with van der Waals surface area (Å²) >= 11 is 0. The Kier molecular flexibility index (Phi) is 4.27. The molecule has 0 saturated carbocycles. The van der Waals surface area contributed by atoms with Crippen LogP contribution in [0.2, 0.25) is 0 Å². The Morgan fingerprint density at radius 2 is 1.81 bits per heavy atom. The van der Waals surface area contributed by atoms with Crippen LogP contribution in [0.15, 0.2) is 47.6 Å². The van der Waals surface area contributed by atoms with Crippen LogP contribution in [-0.4, -0.2) is 11.7 Å². The summed E-state index contributed by atoms with van der Waals surface area (Å²) in [6, 6.07) is 8.79. The Labute approximate surface area is 119 Å². The second-order valence-corrected chi connectivity index (χ2v) is 4.30. The summed E-state index contributed by atoms with van der Waals surface area (Å²) in [5.41, 5.74) is 3.50. The maximum atomic E-state index is 13.5. The molecule has 0 spiro atoms. The van der Waals surface area contributed by atoms with Gasteiger partial charge in [-0.1, -0.05) is 12.1 Å². The van der Waals surface area contributed by atoms with Crippen molar-refractivity contribution in [1.82, 2.24) is 0 Å². The van der Waals surface area contributed by atoms with Gasteiger partial charge in [-0.05, 0) is 42.8 Å². The lowest BCUT2D eigenvalue weighted by atomic mass is 10.1. The highest BCUT2D eigenvalue weighted by atomic mass is 19.1. The van der Waals surface area contributed by atoms with Crippen molar-refractivity contribution in [3.05, 3.63) is 65.2 Å². The molecule has 0 aromatic heterocycles. The number of carboxylic acids is 1. The lowest BCUT2D eigenvalue weighted by molar-refractivity contribution is -0.255. The Hall–Kier alpha value is -2.76. The predicted molar refractivity (Wildman–Crippen MR) is 73.0 cm³/mol. The molecule has 4 nitrogen and oxygen atoms in total. The molecule has 0 aliphatic carbocycles. The van der Waals surface area contributed by atoms with E-state index < -0.39 is 17.6 Å². The zero-order chi connectivity index (χ0) is 15.4. The standard InChI is InChI=1S/C15H12F2N2O2/c1-9(13-8-11(16)4-7-14(13)17)18-19-12-5-2-10(3-6-12)15(20)21/h2-8,19H,1H3,(H,20,21)/p-1/b18-9-. The molecule has 0 atom stereocenters. The highest BCUT2D eigenvalue weighted by Gasteiger charge is 2.07. The van der Waals surface area contributed by atoms with Gasteiger partial charge in [0, 0.05) is 5.56 Å². The van der Waals surface area contributed by atoms with E-state index in [4.69, 9.17) is 0 Å². The molecular weight excluding hydrogens is 278 g/mol. The third-order valence-electron chi connectivity index (χ3n) is 2.79. The van der Waals surface area contributed by atoms with Crippen molar-refractivity contribution in [2.45, 2.75) is 6.92 Å². The Morgan fingerprint density at radius 1 is 1.14 bits per heavy atom. The summed E-state index contributed by atoms with van der Waals surface area (Å²) in [5, 5.41) is 14.5. The van der Waals surface area contributed by atoms with Crippen LogP contribution in [0, 0.1) is 11.6 Å². The highest BCUT2D eigenvalue weighted by molar-refractivity contribution is 5.99. The third-order valence-corrected chi connectivity index (χ3v) is 2.79. The van der Waals surface area contributed by atoms with Gasteiger partial charge in [-0.15, -0.1) is 0 Å². The van der Waals surface area contributed by atoms with Crippen LogP contribution in [0.25, 0.3) is 0 Å². The van der Waals surface area contributed by atoms with Crippen LogP contribution in [0.1, 0.15) is 22.8 Å². The summed E-state index contributed by atoms with van der Waals surface area (Å²) in [7, 11) is 0. The van der Waals surface area contributed by atoms with Crippen LogP contribution in [0.3, 0.4) is 0 Å². The highest BCUT2D eigenvalue weighted by Crippen LogP contribution is 2.13. The molecule has 108 valence electrons. The normalized spacial score (nSPS) is 11.3. The molecule has 0 aliphatic heterocycles. The Balaban J connectivity index is 2.16. The molecule has 2 rings (SSSR count). The van der Waals surface area contributed by atoms with E-state index >= 15 is 0 Å². The average Bonchev–Trinajstić information content (AvgIpc) is 2.47. The molecule has 2 aromatic carbocycles. The summed E-state index contributed by atoms with van der Waals surface area (Å²) in [6.45, 7) is 1.53. The molecule has 0 heterocycles. The molecule has 0 unspecified atom stereocenters. The molecule has 21 heavy (non-hydrogen) atoms. The SMILES string of the molecule is C/C(=N/Nc1ccc(C(=O)[O-])cc1)c1cc(F)ccc1F. The molecule has 0 aliphatic rings. The maximum absolute atomic E-state index is 13.5. The molecule has 0 saturated heterocycles. The third kappa shape index (κ3) is 3.62. The summed E-state index contributed by atoms with van der Waals surface area (Å²) in [5.74, 6) is -2.41. The summed E-state index contributed by atoms with van der Waals surface area (Å²) < 4.78 is 26.6. The number of nitrogens with one attached hydrogen (secondary N) is 1. The molecule has 6 heteroatoms. The molecule has 0 amide bonds. The number of nitrogens with zero attached hydrogens (tertiary/aromatic N) is 1. The topological polar surface area (TPSA) is 64.5 Å². The van der Waals surface area contributed by atoms with Crippen LogP contribution in [-0.2, 0) is 0 Å². The van der Waals surface area contributed by atoms with Gasteiger partial charge in [-0.3, -0.25) is 5.43 Å². The van der Waals surface area contributed by atoms with E-state index in [0.29, 0.717) is 5.69 Å². The van der Waals surface area contributed by atoms with Gasteiger partial charge in [-0.2, -0.15) is 5.10 Å². The molecule has 2 aromatic rings. The average molecular weight is 289 g/mol. The van der Waals surface area contributed by atoms with Crippen molar-refractivity contribution in [2.75, 3.05) is 5.43 Å². The van der Waals surface area contributed by atoms with Crippen molar-refractivity contribution < 1.29 is 18.7 Å². The van der Waals surface area contributed by atoms with Gasteiger partial charge in [0.15, 0.2) is 0 Å². The van der Waals surface area contributed by atoms with E-state index in [1.54, 1.807) is 0 Å². The number of carbonyl (C=O) groups is 1. The number of carbonyl (C=O) groups excluding carboxylic acids is 1. The van der Waals surface area contributed by atoms with E-state index in [1.165, 1.54) is 31.2 Å². The Morgan fingerprint density at radius 3 is 2.43 bits per heavy atom. The lowest BCUT2D eigenvalue weighted by Gasteiger charge is -2.06. The van der Waals surface area contributed by atoms with Crippen molar-refractivity contribution in [3.8, 4) is 0 Å². The fourth-order valence-corrected chi connectivity index (χ4v) is 1.66. The number of hydrogen-bond acceptors (Lipinski definition) is 4. The van der Waals surface area contributed by atoms with E-state index in [-0.39, 0.29) is 16.8 Å². The van der Waals surface area contributed by atoms with Crippen molar-refractivity contribution in [3.63, 3.8) is 0 Å². The van der Waals surface area contributed by atoms with Crippen molar-refractivity contribution >= 4 is 17.4 Å². The van der Waals surface area contributed by atoms with Crippen molar-refractivity contribution in [1.29, 1.82) is 0 Å². The Bertz CT molecular complexity index is 697. The summed E-state index contributed by atoms with van der Waals surface area (Å²) in [4.78, 5) is 10.6. The van der Waals surface area contributed by atoms with Crippen LogP contribution >= 0.6 is 0 Å². The van der Waals surface area contributed by atoms with Crippen LogP contribution in [0.4, 0.5) is 14.5 Å². The smallest absolute Gasteiger partial charge is 0.132 e. The minimum atomic E-state index is -1.27. The molecule has 0 radical (unpaired) electrons. The van der Waals surface area contributed by atoms with Crippen LogP contribution < -0.4 is 10.5 Å². The molecule has 0 fully saturated rings. The molecule has 0 bridgehead atoms.